The first-order chi connectivity index (χ1) is 13.1. The Morgan fingerprint density at radius 3 is 2.54 bits per heavy atom. The molecule has 0 bridgehead atoms. The molecule has 2 aromatic carbocycles. The summed E-state index contributed by atoms with van der Waals surface area (Å²) < 4.78 is 18.4. The van der Waals surface area contributed by atoms with Gasteiger partial charge in [0.2, 0.25) is 5.91 Å². The lowest BCUT2D eigenvalue weighted by atomic mass is 10.1. The summed E-state index contributed by atoms with van der Waals surface area (Å²) in [5.41, 5.74) is 1.67. The number of hydrogen-bond acceptors (Lipinski definition) is 3. The lowest BCUT2D eigenvalue weighted by molar-refractivity contribution is -0.120. The highest BCUT2D eigenvalue weighted by atomic mass is 127. The number of amides is 1. The Balaban J connectivity index is 0.00000392. The van der Waals surface area contributed by atoms with Gasteiger partial charge in [-0.05, 0) is 23.8 Å². The van der Waals surface area contributed by atoms with E-state index in [4.69, 9.17) is 4.74 Å². The van der Waals surface area contributed by atoms with Gasteiger partial charge < -0.3 is 20.7 Å². The number of halogens is 2. The first-order valence-corrected chi connectivity index (χ1v) is 8.70. The Labute approximate surface area is 182 Å². The molecule has 8 heteroatoms. The van der Waals surface area contributed by atoms with E-state index in [1.807, 2.05) is 24.3 Å². The molecule has 152 valence electrons. The zero-order valence-corrected chi connectivity index (χ0v) is 18.3. The van der Waals surface area contributed by atoms with Crippen molar-refractivity contribution in [3.05, 3.63) is 65.5 Å². The fourth-order valence-electron chi connectivity index (χ4n) is 2.53. The number of rotatable bonds is 8. The van der Waals surface area contributed by atoms with Crippen molar-refractivity contribution in [1.29, 1.82) is 0 Å². The average Bonchev–Trinajstić information content (AvgIpc) is 2.67. The van der Waals surface area contributed by atoms with Gasteiger partial charge in [0.25, 0.3) is 0 Å². The number of ether oxygens (including phenoxy) is 1. The molecule has 0 unspecified atom stereocenters. The molecule has 0 spiro atoms. The van der Waals surface area contributed by atoms with Gasteiger partial charge in [0.1, 0.15) is 11.6 Å². The highest BCUT2D eigenvalue weighted by molar-refractivity contribution is 14.0. The van der Waals surface area contributed by atoms with E-state index < -0.39 is 0 Å². The van der Waals surface area contributed by atoms with E-state index in [-0.39, 0.29) is 42.1 Å². The molecule has 0 radical (unpaired) electrons. The highest BCUT2D eigenvalue weighted by Gasteiger charge is 2.05. The minimum Gasteiger partial charge on any atom is -0.496 e. The molecule has 0 aliphatic carbocycles. The van der Waals surface area contributed by atoms with E-state index in [1.54, 1.807) is 26.3 Å². The topological polar surface area (TPSA) is 74.8 Å². The number of para-hydroxylation sites is 1. The van der Waals surface area contributed by atoms with Crippen LogP contribution < -0.4 is 20.7 Å². The Morgan fingerprint density at radius 1 is 1.07 bits per heavy atom. The number of benzene rings is 2. The number of aliphatic imine (C=N–C) groups is 1. The van der Waals surface area contributed by atoms with Crippen molar-refractivity contribution < 1.29 is 13.9 Å². The molecule has 1 amide bonds. The van der Waals surface area contributed by atoms with Crippen LogP contribution in [-0.2, 0) is 17.8 Å². The second-order valence-corrected chi connectivity index (χ2v) is 5.82. The SMILES string of the molecule is CN=C(NCCNC(=O)Cc1cccc(F)c1)NCc1ccccc1OC.I. The van der Waals surface area contributed by atoms with Gasteiger partial charge in [-0.1, -0.05) is 30.3 Å². The van der Waals surface area contributed by atoms with E-state index in [1.165, 1.54) is 12.1 Å². The van der Waals surface area contributed by atoms with Crippen molar-refractivity contribution in [3.63, 3.8) is 0 Å². The third kappa shape index (κ3) is 8.12. The van der Waals surface area contributed by atoms with Crippen LogP contribution in [0.4, 0.5) is 4.39 Å². The molecule has 28 heavy (non-hydrogen) atoms. The smallest absolute Gasteiger partial charge is 0.224 e. The minimum atomic E-state index is -0.341. The van der Waals surface area contributed by atoms with Crippen molar-refractivity contribution in [2.24, 2.45) is 4.99 Å². The van der Waals surface area contributed by atoms with Crippen LogP contribution in [0.1, 0.15) is 11.1 Å². The lowest BCUT2D eigenvalue weighted by Gasteiger charge is -2.14. The quantitative estimate of drug-likeness (QED) is 0.226. The molecule has 0 aliphatic heterocycles. The largest absolute Gasteiger partial charge is 0.496 e. The summed E-state index contributed by atoms with van der Waals surface area (Å²) in [5, 5.41) is 9.12. The van der Waals surface area contributed by atoms with Gasteiger partial charge in [0, 0.05) is 32.2 Å². The highest BCUT2D eigenvalue weighted by Crippen LogP contribution is 2.16. The second kappa shape index (κ2) is 12.9. The summed E-state index contributed by atoms with van der Waals surface area (Å²) >= 11 is 0. The number of nitrogens with zero attached hydrogens (tertiary/aromatic N) is 1. The molecule has 0 heterocycles. The van der Waals surface area contributed by atoms with Crippen molar-refractivity contribution in [2.75, 3.05) is 27.2 Å². The van der Waals surface area contributed by atoms with Crippen LogP contribution in [-0.4, -0.2) is 39.1 Å². The van der Waals surface area contributed by atoms with Crippen molar-refractivity contribution >= 4 is 35.8 Å². The number of carbonyl (C=O) groups excluding carboxylic acids is 1. The second-order valence-electron chi connectivity index (χ2n) is 5.82. The van der Waals surface area contributed by atoms with E-state index in [9.17, 15) is 9.18 Å². The lowest BCUT2D eigenvalue weighted by Crippen LogP contribution is -2.41. The molecule has 2 aromatic rings. The van der Waals surface area contributed by atoms with Gasteiger partial charge in [0.05, 0.1) is 13.5 Å². The van der Waals surface area contributed by atoms with Crippen LogP contribution in [0.25, 0.3) is 0 Å². The van der Waals surface area contributed by atoms with Crippen LogP contribution in [0.3, 0.4) is 0 Å². The maximum absolute atomic E-state index is 13.1. The van der Waals surface area contributed by atoms with E-state index in [0.29, 0.717) is 31.2 Å². The van der Waals surface area contributed by atoms with Gasteiger partial charge in [-0.25, -0.2) is 4.39 Å². The average molecular weight is 500 g/mol. The molecule has 6 nitrogen and oxygen atoms in total. The molecule has 0 aliphatic rings. The number of carbonyl (C=O) groups is 1. The Morgan fingerprint density at radius 2 is 1.82 bits per heavy atom. The summed E-state index contributed by atoms with van der Waals surface area (Å²) in [6.07, 6.45) is 0.151. The molecule has 0 saturated heterocycles. The first-order valence-electron chi connectivity index (χ1n) is 8.70. The molecule has 0 saturated carbocycles. The Hall–Kier alpha value is -2.36. The van der Waals surface area contributed by atoms with Gasteiger partial charge in [-0.2, -0.15) is 0 Å². The molecular formula is C20H26FIN4O2. The van der Waals surface area contributed by atoms with Crippen molar-refractivity contribution in [1.82, 2.24) is 16.0 Å². The van der Waals surface area contributed by atoms with Crippen LogP contribution in [0, 0.1) is 5.82 Å². The predicted octanol–water partition coefficient (Wildman–Crippen LogP) is 2.48. The first kappa shape index (κ1) is 23.7. The van der Waals surface area contributed by atoms with Gasteiger partial charge >= 0.3 is 0 Å². The van der Waals surface area contributed by atoms with Crippen molar-refractivity contribution in [3.8, 4) is 5.75 Å². The molecule has 0 atom stereocenters. The summed E-state index contributed by atoms with van der Waals surface area (Å²) in [4.78, 5) is 16.1. The van der Waals surface area contributed by atoms with E-state index in [0.717, 1.165) is 11.3 Å². The van der Waals surface area contributed by atoms with Gasteiger partial charge in [-0.15, -0.1) is 24.0 Å². The minimum absolute atomic E-state index is 0. The van der Waals surface area contributed by atoms with Crippen LogP contribution in [0.15, 0.2) is 53.5 Å². The third-order valence-electron chi connectivity index (χ3n) is 3.86. The zero-order chi connectivity index (χ0) is 19.5. The molecule has 0 fully saturated rings. The molecule has 3 N–H and O–H groups in total. The number of guanidine groups is 1. The fraction of sp³-hybridized carbons (Fsp3) is 0.300. The maximum atomic E-state index is 13.1. The summed E-state index contributed by atoms with van der Waals surface area (Å²) in [6.45, 7) is 1.51. The summed E-state index contributed by atoms with van der Waals surface area (Å²) in [6, 6.07) is 13.8. The maximum Gasteiger partial charge on any atom is 0.224 e. The van der Waals surface area contributed by atoms with E-state index >= 15 is 0 Å². The summed E-state index contributed by atoms with van der Waals surface area (Å²) in [7, 11) is 3.32. The van der Waals surface area contributed by atoms with Crippen LogP contribution in [0.5, 0.6) is 5.75 Å². The van der Waals surface area contributed by atoms with Gasteiger partial charge in [0.15, 0.2) is 5.96 Å². The third-order valence-corrected chi connectivity index (χ3v) is 3.86. The van der Waals surface area contributed by atoms with Crippen LogP contribution >= 0.6 is 24.0 Å². The zero-order valence-electron chi connectivity index (χ0n) is 16.0. The summed E-state index contributed by atoms with van der Waals surface area (Å²) in [5.74, 6) is 0.941. The normalized spacial score (nSPS) is 10.6. The predicted molar refractivity (Wildman–Crippen MR) is 120 cm³/mol. The Kier molecular flexibility index (Phi) is 10.9. The van der Waals surface area contributed by atoms with E-state index in [2.05, 4.69) is 20.9 Å². The van der Waals surface area contributed by atoms with Crippen LogP contribution in [0.2, 0.25) is 0 Å². The van der Waals surface area contributed by atoms with Gasteiger partial charge in [-0.3, -0.25) is 9.79 Å². The monoisotopic (exact) mass is 500 g/mol. The molecular weight excluding hydrogens is 474 g/mol. The molecule has 0 aromatic heterocycles. The number of nitrogens with one attached hydrogen (secondary N) is 3. The molecule has 2 rings (SSSR count). The number of hydrogen-bond donors (Lipinski definition) is 3. The van der Waals surface area contributed by atoms with Crippen molar-refractivity contribution in [2.45, 2.75) is 13.0 Å². The fourth-order valence-corrected chi connectivity index (χ4v) is 2.53. The standard InChI is InChI=1S/C20H25FN4O2.HI/c1-22-20(25-14-16-7-3-4-9-18(16)27-2)24-11-10-23-19(26)13-15-6-5-8-17(21)12-15;/h3-9,12H,10-11,13-14H2,1-2H3,(H,23,26)(H2,22,24,25);1H. The number of methoxy groups -OCH3 is 1. The Bertz CT molecular complexity index is 786.